The fourth-order valence-corrected chi connectivity index (χ4v) is 2.39. The van der Waals surface area contributed by atoms with Crippen LogP contribution in [0.25, 0.3) is 0 Å². The fraction of sp³-hybridized carbons (Fsp3) is 0.533. The highest BCUT2D eigenvalue weighted by molar-refractivity contribution is 5.55. The van der Waals surface area contributed by atoms with Crippen LogP contribution < -0.4 is 10.2 Å². The zero-order valence-corrected chi connectivity index (χ0v) is 11.0. The topological polar surface area (TPSA) is 39.1 Å². The summed E-state index contributed by atoms with van der Waals surface area (Å²) in [6.07, 6.45) is 4.14. The maximum atomic E-state index is 8.74. The molecule has 0 aliphatic carbocycles. The van der Waals surface area contributed by atoms with Crippen LogP contribution in [0, 0.1) is 11.3 Å². The Morgan fingerprint density at radius 3 is 2.50 bits per heavy atom. The standard InChI is InChI=1S/C15H21N3/c1-2-13(9-10-16)17-14-5-7-15(8-6-14)18-11-3-4-12-18/h5-8,13,17H,2-4,9,11-12H2,1H3. The zero-order valence-electron chi connectivity index (χ0n) is 11.0. The molecule has 1 atom stereocenters. The zero-order chi connectivity index (χ0) is 12.8. The van der Waals surface area contributed by atoms with E-state index in [-0.39, 0.29) is 6.04 Å². The van der Waals surface area contributed by atoms with Crippen LogP contribution in [-0.2, 0) is 0 Å². The minimum atomic E-state index is 0.257. The first-order valence-corrected chi connectivity index (χ1v) is 6.82. The lowest BCUT2D eigenvalue weighted by molar-refractivity contribution is 0.711. The molecule has 1 aromatic rings. The number of nitrogens with zero attached hydrogens (tertiary/aromatic N) is 2. The molecule has 2 rings (SSSR count). The van der Waals surface area contributed by atoms with Crippen molar-refractivity contribution in [2.45, 2.75) is 38.6 Å². The summed E-state index contributed by atoms with van der Waals surface area (Å²) in [4.78, 5) is 2.43. The predicted octanol–water partition coefficient (Wildman–Crippen LogP) is 3.39. The van der Waals surface area contributed by atoms with Crippen molar-refractivity contribution in [2.24, 2.45) is 0 Å². The molecular formula is C15H21N3. The van der Waals surface area contributed by atoms with E-state index in [0.29, 0.717) is 6.42 Å². The van der Waals surface area contributed by atoms with Gasteiger partial charge in [0.15, 0.2) is 0 Å². The molecule has 1 heterocycles. The van der Waals surface area contributed by atoms with Gasteiger partial charge in [-0.15, -0.1) is 0 Å². The van der Waals surface area contributed by atoms with Crippen molar-refractivity contribution in [1.82, 2.24) is 0 Å². The Balaban J connectivity index is 1.96. The Labute approximate surface area is 109 Å². The number of benzene rings is 1. The average Bonchev–Trinajstić information content (AvgIpc) is 2.93. The molecular weight excluding hydrogens is 222 g/mol. The van der Waals surface area contributed by atoms with Crippen molar-refractivity contribution >= 4 is 11.4 Å². The van der Waals surface area contributed by atoms with Crippen LogP contribution in [-0.4, -0.2) is 19.1 Å². The number of anilines is 2. The highest BCUT2D eigenvalue weighted by atomic mass is 15.1. The largest absolute Gasteiger partial charge is 0.381 e. The lowest BCUT2D eigenvalue weighted by Gasteiger charge is -2.19. The third kappa shape index (κ3) is 3.16. The van der Waals surface area contributed by atoms with Crippen LogP contribution in [0.2, 0.25) is 0 Å². The van der Waals surface area contributed by atoms with Crippen LogP contribution in [0.5, 0.6) is 0 Å². The van der Waals surface area contributed by atoms with Gasteiger partial charge in [-0.25, -0.2) is 0 Å². The molecule has 1 aromatic carbocycles. The number of rotatable bonds is 5. The van der Waals surface area contributed by atoms with Gasteiger partial charge in [0.25, 0.3) is 0 Å². The van der Waals surface area contributed by atoms with Crippen LogP contribution >= 0.6 is 0 Å². The first-order chi connectivity index (χ1) is 8.83. The fourth-order valence-electron chi connectivity index (χ4n) is 2.39. The van der Waals surface area contributed by atoms with Crippen molar-refractivity contribution in [3.8, 4) is 6.07 Å². The summed E-state index contributed by atoms with van der Waals surface area (Å²) < 4.78 is 0. The van der Waals surface area contributed by atoms with Gasteiger partial charge in [-0.05, 0) is 43.5 Å². The van der Waals surface area contributed by atoms with Crippen molar-refractivity contribution in [3.63, 3.8) is 0 Å². The van der Waals surface area contributed by atoms with E-state index in [1.54, 1.807) is 0 Å². The minimum Gasteiger partial charge on any atom is -0.381 e. The Kier molecular flexibility index (Phi) is 4.46. The second-order valence-corrected chi connectivity index (χ2v) is 4.85. The van der Waals surface area contributed by atoms with E-state index in [2.05, 4.69) is 47.5 Å². The molecule has 0 radical (unpaired) electrons. The second-order valence-electron chi connectivity index (χ2n) is 4.85. The van der Waals surface area contributed by atoms with Crippen molar-refractivity contribution in [3.05, 3.63) is 24.3 Å². The third-order valence-corrected chi connectivity index (χ3v) is 3.54. The van der Waals surface area contributed by atoms with E-state index in [1.807, 2.05) is 0 Å². The molecule has 3 nitrogen and oxygen atoms in total. The van der Waals surface area contributed by atoms with Gasteiger partial charge >= 0.3 is 0 Å². The van der Waals surface area contributed by atoms with Gasteiger partial charge in [0.05, 0.1) is 12.5 Å². The first-order valence-electron chi connectivity index (χ1n) is 6.82. The summed E-state index contributed by atoms with van der Waals surface area (Å²) >= 11 is 0. The first kappa shape index (κ1) is 12.8. The lowest BCUT2D eigenvalue weighted by Crippen LogP contribution is -2.19. The molecule has 96 valence electrons. The van der Waals surface area contributed by atoms with Crippen LogP contribution in [0.4, 0.5) is 11.4 Å². The van der Waals surface area contributed by atoms with E-state index in [4.69, 9.17) is 5.26 Å². The summed E-state index contributed by atoms with van der Waals surface area (Å²) in [5, 5.41) is 12.1. The number of hydrogen-bond acceptors (Lipinski definition) is 3. The molecule has 0 amide bonds. The smallest absolute Gasteiger partial charge is 0.0643 e. The molecule has 18 heavy (non-hydrogen) atoms. The summed E-state index contributed by atoms with van der Waals surface area (Å²) in [6, 6.07) is 11.1. The molecule has 0 spiro atoms. The second kappa shape index (κ2) is 6.30. The number of hydrogen-bond donors (Lipinski definition) is 1. The molecule has 0 bridgehead atoms. The third-order valence-electron chi connectivity index (χ3n) is 3.54. The van der Waals surface area contributed by atoms with Gasteiger partial charge in [-0.1, -0.05) is 6.92 Å². The Hall–Kier alpha value is -1.69. The van der Waals surface area contributed by atoms with Gasteiger partial charge in [-0.3, -0.25) is 0 Å². The molecule has 3 heteroatoms. The van der Waals surface area contributed by atoms with E-state index < -0.39 is 0 Å². The predicted molar refractivity (Wildman–Crippen MR) is 75.8 cm³/mol. The number of nitrogens with one attached hydrogen (secondary N) is 1. The molecule has 1 fully saturated rings. The van der Waals surface area contributed by atoms with Gasteiger partial charge in [0, 0.05) is 30.5 Å². The van der Waals surface area contributed by atoms with E-state index in [1.165, 1.54) is 31.6 Å². The molecule has 1 aliphatic rings. The number of nitriles is 1. The van der Waals surface area contributed by atoms with Gasteiger partial charge in [0.1, 0.15) is 0 Å². The Bertz CT molecular complexity index is 399. The Morgan fingerprint density at radius 2 is 1.94 bits per heavy atom. The SMILES string of the molecule is CCC(CC#N)Nc1ccc(N2CCCC2)cc1. The summed E-state index contributed by atoms with van der Waals surface area (Å²) in [5.74, 6) is 0. The van der Waals surface area contributed by atoms with Gasteiger partial charge < -0.3 is 10.2 Å². The Morgan fingerprint density at radius 1 is 1.28 bits per heavy atom. The average molecular weight is 243 g/mol. The molecule has 1 aliphatic heterocycles. The molecule has 1 saturated heterocycles. The molecule has 1 N–H and O–H groups in total. The molecule has 0 saturated carbocycles. The van der Waals surface area contributed by atoms with E-state index in [0.717, 1.165) is 12.1 Å². The summed E-state index contributed by atoms with van der Waals surface area (Å²) in [6.45, 7) is 4.46. The van der Waals surface area contributed by atoms with Crippen LogP contribution in [0.1, 0.15) is 32.6 Å². The van der Waals surface area contributed by atoms with Crippen LogP contribution in [0.15, 0.2) is 24.3 Å². The van der Waals surface area contributed by atoms with Crippen LogP contribution in [0.3, 0.4) is 0 Å². The van der Waals surface area contributed by atoms with E-state index >= 15 is 0 Å². The maximum absolute atomic E-state index is 8.74. The lowest BCUT2D eigenvalue weighted by atomic mass is 10.1. The minimum absolute atomic E-state index is 0.257. The van der Waals surface area contributed by atoms with Crippen molar-refractivity contribution in [1.29, 1.82) is 5.26 Å². The maximum Gasteiger partial charge on any atom is 0.0643 e. The monoisotopic (exact) mass is 243 g/mol. The summed E-state index contributed by atoms with van der Waals surface area (Å²) in [7, 11) is 0. The van der Waals surface area contributed by atoms with Gasteiger partial charge in [0.2, 0.25) is 0 Å². The normalized spacial score (nSPS) is 16.3. The summed E-state index contributed by atoms with van der Waals surface area (Å²) in [5.41, 5.74) is 2.42. The van der Waals surface area contributed by atoms with Crippen molar-refractivity contribution in [2.75, 3.05) is 23.3 Å². The molecule has 0 aromatic heterocycles. The van der Waals surface area contributed by atoms with E-state index in [9.17, 15) is 0 Å². The quantitative estimate of drug-likeness (QED) is 0.861. The highest BCUT2D eigenvalue weighted by Gasteiger charge is 2.12. The van der Waals surface area contributed by atoms with Crippen molar-refractivity contribution < 1.29 is 0 Å². The highest BCUT2D eigenvalue weighted by Crippen LogP contribution is 2.22. The molecule has 1 unspecified atom stereocenters. The van der Waals surface area contributed by atoms with Gasteiger partial charge in [-0.2, -0.15) is 5.26 Å².